The molecule has 1 aliphatic heterocycles. The zero-order chi connectivity index (χ0) is 20.2. The lowest BCUT2D eigenvalue weighted by Gasteiger charge is -2.28. The second kappa shape index (κ2) is 8.73. The van der Waals surface area contributed by atoms with E-state index < -0.39 is 49.0 Å². The SMILES string of the molecule is CC[C@H](C)C(N)C(=O)N1C[C@H](C(F)(F)F)C[C@H]1C(=O)OCc1ccccc1. The first kappa shape index (κ1) is 21.2. The van der Waals surface area contributed by atoms with Crippen molar-refractivity contribution in [1.82, 2.24) is 4.90 Å². The molecule has 0 radical (unpaired) electrons. The van der Waals surface area contributed by atoms with Crippen LogP contribution in [0.25, 0.3) is 0 Å². The Balaban J connectivity index is 2.13. The number of hydrogen-bond acceptors (Lipinski definition) is 4. The first-order chi connectivity index (χ1) is 12.6. The number of amides is 1. The van der Waals surface area contributed by atoms with Crippen molar-refractivity contribution in [3.8, 4) is 0 Å². The van der Waals surface area contributed by atoms with Crippen molar-refractivity contribution in [3.63, 3.8) is 0 Å². The second-order valence-electron chi connectivity index (χ2n) is 6.99. The van der Waals surface area contributed by atoms with Crippen molar-refractivity contribution in [2.45, 2.75) is 51.6 Å². The number of carbonyl (C=O) groups excluding carboxylic acids is 2. The Morgan fingerprint density at radius 2 is 1.93 bits per heavy atom. The zero-order valence-electron chi connectivity index (χ0n) is 15.4. The maximum Gasteiger partial charge on any atom is 0.393 e. The molecule has 1 heterocycles. The smallest absolute Gasteiger partial charge is 0.393 e. The van der Waals surface area contributed by atoms with E-state index in [4.69, 9.17) is 10.5 Å². The summed E-state index contributed by atoms with van der Waals surface area (Å²) in [7, 11) is 0. The molecular weight excluding hydrogens is 361 g/mol. The summed E-state index contributed by atoms with van der Waals surface area (Å²) in [4.78, 5) is 26.0. The fourth-order valence-corrected chi connectivity index (χ4v) is 3.05. The molecule has 8 heteroatoms. The normalized spacial score (nSPS) is 22.4. The van der Waals surface area contributed by atoms with E-state index >= 15 is 0 Å². The van der Waals surface area contributed by atoms with Gasteiger partial charge in [-0.3, -0.25) is 4.79 Å². The molecule has 2 rings (SSSR count). The summed E-state index contributed by atoms with van der Waals surface area (Å²) in [6.07, 6.45) is -4.39. The van der Waals surface area contributed by atoms with Gasteiger partial charge in [-0.25, -0.2) is 4.79 Å². The topological polar surface area (TPSA) is 72.6 Å². The fourth-order valence-electron chi connectivity index (χ4n) is 3.05. The highest BCUT2D eigenvalue weighted by atomic mass is 19.4. The molecule has 0 spiro atoms. The van der Waals surface area contributed by atoms with Gasteiger partial charge in [0.1, 0.15) is 12.6 Å². The van der Waals surface area contributed by atoms with E-state index in [1.54, 1.807) is 37.3 Å². The molecule has 27 heavy (non-hydrogen) atoms. The molecule has 4 atom stereocenters. The van der Waals surface area contributed by atoms with Crippen molar-refractivity contribution in [1.29, 1.82) is 0 Å². The van der Waals surface area contributed by atoms with Crippen LogP contribution in [0.3, 0.4) is 0 Å². The Labute approximate surface area is 156 Å². The fraction of sp³-hybridized carbons (Fsp3) is 0.579. The van der Waals surface area contributed by atoms with E-state index in [0.29, 0.717) is 12.0 Å². The van der Waals surface area contributed by atoms with Gasteiger partial charge >= 0.3 is 12.1 Å². The summed E-state index contributed by atoms with van der Waals surface area (Å²) in [5.41, 5.74) is 6.62. The molecule has 0 bridgehead atoms. The number of esters is 1. The first-order valence-corrected chi connectivity index (χ1v) is 8.98. The average molecular weight is 386 g/mol. The highest BCUT2D eigenvalue weighted by molar-refractivity contribution is 5.88. The maximum absolute atomic E-state index is 13.2. The van der Waals surface area contributed by atoms with E-state index in [1.807, 2.05) is 6.92 Å². The molecule has 1 aromatic rings. The third-order valence-corrected chi connectivity index (χ3v) is 5.09. The Hall–Kier alpha value is -2.09. The number of halogens is 3. The molecule has 0 aromatic heterocycles. The number of likely N-dealkylation sites (tertiary alicyclic amines) is 1. The van der Waals surface area contributed by atoms with Crippen LogP contribution in [0, 0.1) is 11.8 Å². The molecule has 0 saturated carbocycles. The summed E-state index contributed by atoms with van der Waals surface area (Å²) in [5.74, 6) is -3.45. The van der Waals surface area contributed by atoms with Crippen LogP contribution in [0.5, 0.6) is 0 Å². The minimum Gasteiger partial charge on any atom is -0.459 e. The quantitative estimate of drug-likeness (QED) is 0.763. The number of carbonyl (C=O) groups is 2. The summed E-state index contributed by atoms with van der Waals surface area (Å²) < 4.78 is 44.7. The monoisotopic (exact) mass is 386 g/mol. The minimum atomic E-state index is -4.49. The van der Waals surface area contributed by atoms with Crippen LogP contribution in [0.1, 0.15) is 32.3 Å². The largest absolute Gasteiger partial charge is 0.459 e. The number of nitrogens with zero attached hydrogens (tertiary/aromatic N) is 1. The second-order valence-corrected chi connectivity index (χ2v) is 6.99. The van der Waals surface area contributed by atoms with Gasteiger partial charge in [0, 0.05) is 6.54 Å². The van der Waals surface area contributed by atoms with E-state index in [-0.39, 0.29) is 12.5 Å². The number of rotatable bonds is 6. The van der Waals surface area contributed by atoms with Crippen molar-refractivity contribution >= 4 is 11.9 Å². The summed E-state index contributed by atoms with van der Waals surface area (Å²) in [5, 5.41) is 0. The Kier molecular flexibility index (Phi) is 6.86. The Morgan fingerprint density at radius 1 is 1.30 bits per heavy atom. The number of benzene rings is 1. The standard InChI is InChI=1S/C19H25F3N2O3/c1-3-12(2)16(23)17(25)24-10-14(19(20,21)22)9-15(24)18(26)27-11-13-7-5-4-6-8-13/h4-8,12,14-16H,3,9-11,23H2,1-2H3/t12-,14+,15-,16?/m0/s1. The van der Waals surface area contributed by atoms with Gasteiger partial charge in [-0.2, -0.15) is 13.2 Å². The van der Waals surface area contributed by atoms with E-state index in [0.717, 1.165) is 4.90 Å². The van der Waals surface area contributed by atoms with E-state index in [1.165, 1.54) is 0 Å². The molecule has 1 unspecified atom stereocenters. The van der Waals surface area contributed by atoms with Crippen LogP contribution in [-0.2, 0) is 20.9 Å². The lowest BCUT2D eigenvalue weighted by atomic mass is 9.98. The zero-order valence-corrected chi connectivity index (χ0v) is 15.4. The van der Waals surface area contributed by atoms with Gasteiger partial charge in [-0.15, -0.1) is 0 Å². The highest BCUT2D eigenvalue weighted by Crippen LogP contribution is 2.37. The van der Waals surface area contributed by atoms with Crippen LogP contribution in [0.15, 0.2) is 30.3 Å². The predicted molar refractivity (Wildman–Crippen MR) is 93.3 cm³/mol. The van der Waals surface area contributed by atoms with E-state index in [9.17, 15) is 22.8 Å². The van der Waals surface area contributed by atoms with Crippen molar-refractivity contribution < 1.29 is 27.5 Å². The lowest BCUT2D eigenvalue weighted by Crippen LogP contribution is -2.51. The number of hydrogen-bond donors (Lipinski definition) is 1. The summed E-state index contributed by atoms with van der Waals surface area (Å²) in [6.45, 7) is 2.96. The van der Waals surface area contributed by atoms with Crippen LogP contribution in [0.4, 0.5) is 13.2 Å². The van der Waals surface area contributed by atoms with Gasteiger partial charge in [-0.05, 0) is 17.9 Å². The first-order valence-electron chi connectivity index (χ1n) is 8.98. The van der Waals surface area contributed by atoms with Crippen molar-refractivity contribution in [2.24, 2.45) is 17.6 Å². The maximum atomic E-state index is 13.2. The molecular formula is C19H25F3N2O3. The van der Waals surface area contributed by atoms with Crippen LogP contribution in [0.2, 0.25) is 0 Å². The van der Waals surface area contributed by atoms with Crippen molar-refractivity contribution in [3.05, 3.63) is 35.9 Å². The average Bonchev–Trinajstić information content (AvgIpc) is 3.11. The molecule has 1 fully saturated rings. The summed E-state index contributed by atoms with van der Waals surface area (Å²) >= 11 is 0. The molecule has 2 N–H and O–H groups in total. The van der Waals surface area contributed by atoms with E-state index in [2.05, 4.69) is 0 Å². The molecule has 1 aromatic carbocycles. The molecule has 1 aliphatic rings. The van der Waals surface area contributed by atoms with Crippen LogP contribution in [-0.4, -0.2) is 41.6 Å². The third-order valence-electron chi connectivity index (χ3n) is 5.09. The lowest BCUT2D eigenvalue weighted by molar-refractivity contribution is -0.171. The highest BCUT2D eigenvalue weighted by Gasteiger charge is 2.52. The molecule has 1 saturated heterocycles. The molecule has 150 valence electrons. The Bertz CT molecular complexity index is 651. The summed E-state index contributed by atoms with van der Waals surface area (Å²) in [6, 6.07) is 6.57. The molecule has 5 nitrogen and oxygen atoms in total. The third kappa shape index (κ3) is 5.22. The van der Waals surface area contributed by atoms with Gasteiger partial charge in [0.25, 0.3) is 0 Å². The predicted octanol–water partition coefficient (Wildman–Crippen LogP) is 2.88. The Morgan fingerprint density at radius 3 is 2.48 bits per heavy atom. The van der Waals surface area contributed by atoms with Crippen LogP contribution >= 0.6 is 0 Å². The minimum absolute atomic E-state index is 0.0632. The number of ether oxygens (including phenoxy) is 1. The number of alkyl halides is 3. The van der Waals surface area contributed by atoms with Crippen molar-refractivity contribution in [2.75, 3.05) is 6.54 Å². The number of nitrogens with two attached hydrogens (primary N) is 1. The molecule has 1 amide bonds. The van der Waals surface area contributed by atoms with Gasteiger partial charge < -0.3 is 15.4 Å². The van der Waals surface area contributed by atoms with Gasteiger partial charge in [0.2, 0.25) is 5.91 Å². The molecule has 0 aliphatic carbocycles. The van der Waals surface area contributed by atoms with Crippen LogP contribution < -0.4 is 5.73 Å². The van der Waals surface area contributed by atoms with Gasteiger partial charge in [-0.1, -0.05) is 50.6 Å². The van der Waals surface area contributed by atoms with Gasteiger partial charge in [0.05, 0.1) is 12.0 Å². The van der Waals surface area contributed by atoms with Gasteiger partial charge in [0.15, 0.2) is 0 Å².